The van der Waals surface area contributed by atoms with Gasteiger partial charge in [0, 0.05) is 17.2 Å². The molecule has 2 heteroatoms. The quantitative estimate of drug-likeness (QED) is 0.690. The molecule has 0 bridgehead atoms. The van der Waals surface area contributed by atoms with Crippen LogP contribution in [0.15, 0.2) is 42.5 Å². The Morgan fingerprint density at radius 1 is 1.00 bits per heavy atom. The van der Waals surface area contributed by atoms with Gasteiger partial charge in [-0.3, -0.25) is 0 Å². The average molecular weight is 222 g/mol. The molecule has 0 radical (unpaired) electrons. The fourth-order valence-corrected chi connectivity index (χ4v) is 1.92. The van der Waals surface area contributed by atoms with Crippen molar-refractivity contribution in [1.29, 1.82) is 0 Å². The second-order valence-electron chi connectivity index (χ2n) is 3.76. The summed E-state index contributed by atoms with van der Waals surface area (Å²) in [7, 11) is 0. The van der Waals surface area contributed by atoms with Gasteiger partial charge >= 0.3 is 0 Å². The van der Waals surface area contributed by atoms with E-state index in [1.165, 1.54) is 0 Å². The summed E-state index contributed by atoms with van der Waals surface area (Å²) in [6.45, 7) is 0.261. The molecule has 1 heterocycles. The van der Waals surface area contributed by atoms with Crippen molar-refractivity contribution in [3.63, 3.8) is 0 Å². The molecule has 0 amide bonds. The van der Waals surface area contributed by atoms with E-state index in [4.69, 9.17) is 15.9 Å². The topological polar surface area (TPSA) is 18.5 Å². The smallest absolute Gasteiger partial charge is 0.231 e. The average Bonchev–Trinajstić information content (AvgIpc) is 2.85. The Morgan fingerprint density at radius 2 is 1.71 bits per heavy atom. The molecule has 2 aromatic rings. The number of ether oxygens (including phenoxy) is 2. The van der Waals surface area contributed by atoms with Crippen LogP contribution in [0.3, 0.4) is 0 Å². The predicted molar refractivity (Wildman–Crippen MR) is 65.9 cm³/mol. The SMILES string of the molecule is C#Cc1cc2c(cc1-c1ccccc1)OCO2. The fourth-order valence-electron chi connectivity index (χ4n) is 1.92. The maximum Gasteiger partial charge on any atom is 0.231 e. The minimum absolute atomic E-state index is 0.261. The molecule has 0 aromatic heterocycles. The molecule has 1 aliphatic rings. The molecular weight excluding hydrogens is 212 g/mol. The second kappa shape index (κ2) is 3.88. The Labute approximate surface area is 99.8 Å². The number of benzene rings is 2. The van der Waals surface area contributed by atoms with Crippen LogP contribution in [0.1, 0.15) is 5.56 Å². The highest BCUT2D eigenvalue weighted by Crippen LogP contribution is 2.38. The third-order valence-corrected chi connectivity index (χ3v) is 2.75. The first-order chi connectivity index (χ1) is 8.38. The minimum atomic E-state index is 0.261. The standard InChI is InChI=1S/C15H10O2/c1-2-11-8-14-15(17-10-16-14)9-13(11)12-6-4-3-5-7-12/h1,3-9H,10H2. The van der Waals surface area contributed by atoms with E-state index >= 15 is 0 Å². The molecule has 17 heavy (non-hydrogen) atoms. The summed E-state index contributed by atoms with van der Waals surface area (Å²) in [4.78, 5) is 0. The molecule has 0 saturated carbocycles. The summed E-state index contributed by atoms with van der Waals surface area (Å²) in [6.07, 6.45) is 5.54. The molecule has 0 saturated heterocycles. The lowest BCUT2D eigenvalue weighted by atomic mass is 9.99. The van der Waals surface area contributed by atoms with Crippen LogP contribution >= 0.6 is 0 Å². The lowest BCUT2D eigenvalue weighted by Crippen LogP contribution is -1.92. The van der Waals surface area contributed by atoms with E-state index in [1.807, 2.05) is 42.5 Å². The third-order valence-electron chi connectivity index (χ3n) is 2.75. The summed E-state index contributed by atoms with van der Waals surface area (Å²) >= 11 is 0. The number of terminal acetylenes is 1. The number of rotatable bonds is 1. The van der Waals surface area contributed by atoms with Gasteiger partial charge in [0.1, 0.15) is 0 Å². The van der Waals surface area contributed by atoms with Crippen LogP contribution in [0.4, 0.5) is 0 Å². The van der Waals surface area contributed by atoms with Gasteiger partial charge in [-0.25, -0.2) is 0 Å². The number of hydrogen-bond donors (Lipinski definition) is 0. The van der Waals surface area contributed by atoms with Crippen LogP contribution in [0.2, 0.25) is 0 Å². The van der Waals surface area contributed by atoms with Crippen LogP contribution < -0.4 is 9.47 Å². The highest BCUT2D eigenvalue weighted by Gasteiger charge is 2.17. The van der Waals surface area contributed by atoms with Gasteiger partial charge in [-0.15, -0.1) is 6.42 Å². The van der Waals surface area contributed by atoms with Crippen LogP contribution in [0.5, 0.6) is 11.5 Å². The monoisotopic (exact) mass is 222 g/mol. The zero-order valence-electron chi connectivity index (χ0n) is 9.14. The number of hydrogen-bond acceptors (Lipinski definition) is 2. The Balaban J connectivity index is 2.20. The zero-order valence-corrected chi connectivity index (χ0v) is 9.14. The normalized spacial score (nSPS) is 12.2. The Kier molecular flexibility index (Phi) is 2.23. The molecule has 0 N–H and O–H groups in total. The first-order valence-corrected chi connectivity index (χ1v) is 5.34. The van der Waals surface area contributed by atoms with Crippen LogP contribution in [0.25, 0.3) is 11.1 Å². The lowest BCUT2D eigenvalue weighted by molar-refractivity contribution is 0.174. The van der Waals surface area contributed by atoms with E-state index < -0.39 is 0 Å². The van der Waals surface area contributed by atoms with Gasteiger partial charge in [0.15, 0.2) is 11.5 Å². The maximum atomic E-state index is 5.54. The van der Waals surface area contributed by atoms with Crippen molar-refractivity contribution >= 4 is 0 Å². The molecular formula is C15H10O2. The van der Waals surface area contributed by atoms with E-state index in [1.54, 1.807) is 0 Å². The molecule has 2 aromatic carbocycles. The summed E-state index contributed by atoms with van der Waals surface area (Å²) in [5, 5.41) is 0. The Bertz CT molecular complexity index is 594. The van der Waals surface area contributed by atoms with Crippen molar-refractivity contribution in [1.82, 2.24) is 0 Å². The lowest BCUT2D eigenvalue weighted by Gasteiger charge is -2.06. The minimum Gasteiger partial charge on any atom is -0.454 e. The van der Waals surface area contributed by atoms with E-state index in [2.05, 4.69) is 5.92 Å². The summed E-state index contributed by atoms with van der Waals surface area (Å²) < 4.78 is 10.7. The molecule has 0 unspecified atom stereocenters. The molecule has 0 atom stereocenters. The molecule has 0 spiro atoms. The van der Waals surface area contributed by atoms with Crippen LogP contribution in [-0.2, 0) is 0 Å². The largest absolute Gasteiger partial charge is 0.454 e. The predicted octanol–water partition coefficient (Wildman–Crippen LogP) is 3.06. The zero-order chi connectivity index (χ0) is 11.7. The van der Waals surface area contributed by atoms with Gasteiger partial charge in [0.25, 0.3) is 0 Å². The van der Waals surface area contributed by atoms with Crippen molar-refractivity contribution in [3.05, 3.63) is 48.0 Å². The van der Waals surface area contributed by atoms with E-state index in [0.29, 0.717) is 0 Å². The first kappa shape index (κ1) is 9.80. The van der Waals surface area contributed by atoms with E-state index in [-0.39, 0.29) is 6.79 Å². The number of fused-ring (bicyclic) bond motifs is 1. The van der Waals surface area contributed by atoms with Crippen molar-refractivity contribution in [2.75, 3.05) is 6.79 Å². The molecule has 82 valence electrons. The van der Waals surface area contributed by atoms with Gasteiger partial charge in [-0.1, -0.05) is 36.3 Å². The van der Waals surface area contributed by atoms with E-state index in [9.17, 15) is 0 Å². The van der Waals surface area contributed by atoms with Gasteiger partial charge in [0.2, 0.25) is 6.79 Å². The van der Waals surface area contributed by atoms with Gasteiger partial charge < -0.3 is 9.47 Å². The molecule has 1 aliphatic heterocycles. The van der Waals surface area contributed by atoms with Gasteiger partial charge in [-0.2, -0.15) is 0 Å². The van der Waals surface area contributed by atoms with Gasteiger partial charge in [-0.05, 0) is 11.6 Å². The van der Waals surface area contributed by atoms with Crippen molar-refractivity contribution in [2.24, 2.45) is 0 Å². The van der Waals surface area contributed by atoms with Crippen molar-refractivity contribution in [3.8, 4) is 35.0 Å². The molecule has 3 rings (SSSR count). The summed E-state index contributed by atoms with van der Waals surface area (Å²) in [5.74, 6) is 4.16. The van der Waals surface area contributed by atoms with Crippen LogP contribution in [0, 0.1) is 12.3 Å². The summed E-state index contributed by atoms with van der Waals surface area (Å²) in [6, 6.07) is 13.8. The van der Waals surface area contributed by atoms with E-state index in [0.717, 1.165) is 28.2 Å². The van der Waals surface area contributed by atoms with Crippen molar-refractivity contribution in [2.45, 2.75) is 0 Å². The molecule has 0 aliphatic carbocycles. The van der Waals surface area contributed by atoms with Crippen LogP contribution in [-0.4, -0.2) is 6.79 Å². The Hall–Kier alpha value is -2.40. The first-order valence-electron chi connectivity index (χ1n) is 5.34. The second-order valence-corrected chi connectivity index (χ2v) is 3.76. The molecule has 0 fully saturated rings. The highest BCUT2D eigenvalue weighted by atomic mass is 16.7. The fraction of sp³-hybridized carbons (Fsp3) is 0.0667. The van der Waals surface area contributed by atoms with Crippen molar-refractivity contribution < 1.29 is 9.47 Å². The maximum absolute atomic E-state index is 5.54. The Morgan fingerprint density at radius 3 is 2.41 bits per heavy atom. The van der Waals surface area contributed by atoms with Gasteiger partial charge in [0.05, 0.1) is 0 Å². The molecule has 2 nitrogen and oxygen atoms in total. The highest BCUT2D eigenvalue weighted by molar-refractivity contribution is 5.74. The third kappa shape index (κ3) is 1.62. The summed E-state index contributed by atoms with van der Waals surface area (Å²) in [5.41, 5.74) is 2.90.